The first-order valence-electron chi connectivity index (χ1n) is 7.57. The molecule has 1 N–H and O–H groups in total. The van der Waals surface area contributed by atoms with Crippen LogP contribution in [0, 0.1) is 17.3 Å². The highest BCUT2D eigenvalue weighted by Gasteiger charge is 2.55. The van der Waals surface area contributed by atoms with Crippen molar-refractivity contribution in [2.75, 3.05) is 6.61 Å². The smallest absolute Gasteiger partial charge is 0.331 e. The number of hydrogen-bond acceptors (Lipinski definition) is 3. The highest BCUT2D eigenvalue weighted by Crippen LogP contribution is 2.61. The van der Waals surface area contributed by atoms with E-state index in [1.807, 2.05) is 12.2 Å². The zero-order valence-electron chi connectivity index (χ0n) is 13.0. The van der Waals surface area contributed by atoms with E-state index in [4.69, 9.17) is 4.74 Å². The third-order valence-electron chi connectivity index (χ3n) is 4.88. The van der Waals surface area contributed by atoms with Crippen molar-refractivity contribution in [2.45, 2.75) is 46.5 Å². The highest BCUT2D eigenvalue weighted by atomic mass is 16.5. The predicted molar refractivity (Wildman–Crippen MR) is 79.7 cm³/mol. The summed E-state index contributed by atoms with van der Waals surface area (Å²) in [6, 6.07) is 0. The molecule has 0 radical (unpaired) electrons. The molecule has 2 aliphatic carbocycles. The fourth-order valence-electron chi connectivity index (χ4n) is 3.35. The van der Waals surface area contributed by atoms with Crippen molar-refractivity contribution in [2.24, 2.45) is 17.3 Å². The van der Waals surface area contributed by atoms with Crippen molar-refractivity contribution in [1.82, 2.24) is 0 Å². The lowest BCUT2D eigenvalue weighted by Crippen LogP contribution is -2.06. The van der Waals surface area contributed by atoms with Gasteiger partial charge in [-0.25, -0.2) is 4.79 Å². The summed E-state index contributed by atoms with van der Waals surface area (Å²) in [7, 11) is 0. The second-order valence-corrected chi connectivity index (χ2v) is 6.67. The molecule has 2 atom stereocenters. The minimum Gasteiger partial charge on any atom is -0.478 e. The maximum Gasteiger partial charge on any atom is 0.331 e. The summed E-state index contributed by atoms with van der Waals surface area (Å²) >= 11 is 0. The maximum absolute atomic E-state index is 11.3. The second-order valence-electron chi connectivity index (χ2n) is 6.67. The van der Waals surface area contributed by atoms with E-state index in [9.17, 15) is 14.7 Å². The van der Waals surface area contributed by atoms with E-state index in [1.165, 1.54) is 6.92 Å². The molecule has 2 aliphatic rings. The van der Waals surface area contributed by atoms with E-state index in [2.05, 4.69) is 13.8 Å². The molecular formula is C17H24O4. The Bertz CT molecular complexity index is 499. The normalized spacial score (nSPS) is 27.8. The number of carbonyl (C=O) groups is 2. The SMILES string of the molecule is CC(=O)OCC1=CCCC(C(=O)O)=C[C@@H]2[C@@H](CC1)C2(C)C. The fourth-order valence-corrected chi connectivity index (χ4v) is 3.35. The number of carbonyl (C=O) groups excluding carboxylic acids is 1. The van der Waals surface area contributed by atoms with Crippen LogP contribution in [0.4, 0.5) is 0 Å². The molecule has 0 heterocycles. The Balaban J connectivity index is 2.12. The molecule has 1 saturated carbocycles. The van der Waals surface area contributed by atoms with Gasteiger partial charge in [0, 0.05) is 12.5 Å². The number of ether oxygens (including phenoxy) is 1. The van der Waals surface area contributed by atoms with E-state index >= 15 is 0 Å². The van der Waals surface area contributed by atoms with Gasteiger partial charge in [0.15, 0.2) is 0 Å². The minimum absolute atomic E-state index is 0.178. The van der Waals surface area contributed by atoms with Crippen molar-refractivity contribution in [3.8, 4) is 0 Å². The van der Waals surface area contributed by atoms with Crippen LogP contribution in [0.2, 0.25) is 0 Å². The van der Waals surface area contributed by atoms with Crippen molar-refractivity contribution < 1.29 is 19.4 Å². The number of hydrogen-bond donors (Lipinski definition) is 1. The molecule has 0 unspecified atom stereocenters. The van der Waals surface area contributed by atoms with Crippen LogP contribution in [-0.4, -0.2) is 23.7 Å². The van der Waals surface area contributed by atoms with Crippen LogP contribution in [0.3, 0.4) is 0 Å². The van der Waals surface area contributed by atoms with Gasteiger partial charge in [-0.2, -0.15) is 0 Å². The third kappa shape index (κ3) is 3.74. The molecule has 0 aromatic carbocycles. The number of carboxylic acids is 1. The first kappa shape index (κ1) is 15.8. The van der Waals surface area contributed by atoms with E-state index in [0.717, 1.165) is 18.4 Å². The Morgan fingerprint density at radius 2 is 2.10 bits per heavy atom. The van der Waals surface area contributed by atoms with Crippen LogP contribution >= 0.6 is 0 Å². The predicted octanol–water partition coefficient (Wildman–Crippen LogP) is 3.33. The molecule has 0 aliphatic heterocycles. The van der Waals surface area contributed by atoms with E-state index in [1.54, 1.807) is 0 Å². The molecule has 0 aromatic heterocycles. The van der Waals surface area contributed by atoms with Crippen LogP contribution < -0.4 is 0 Å². The molecule has 0 saturated heterocycles. The summed E-state index contributed by atoms with van der Waals surface area (Å²) in [6.07, 6.45) is 7.18. The van der Waals surface area contributed by atoms with Gasteiger partial charge in [0.2, 0.25) is 0 Å². The molecule has 1 fully saturated rings. The summed E-state index contributed by atoms with van der Waals surface area (Å²) in [6.45, 7) is 6.14. The largest absolute Gasteiger partial charge is 0.478 e. The zero-order chi connectivity index (χ0) is 15.6. The monoisotopic (exact) mass is 292 g/mol. The Morgan fingerprint density at radius 1 is 1.38 bits per heavy atom. The summed E-state index contributed by atoms with van der Waals surface area (Å²) < 4.78 is 5.09. The Morgan fingerprint density at radius 3 is 2.71 bits per heavy atom. The quantitative estimate of drug-likeness (QED) is 0.640. The topological polar surface area (TPSA) is 63.6 Å². The molecule has 0 bridgehead atoms. The lowest BCUT2D eigenvalue weighted by molar-refractivity contribution is -0.140. The van der Waals surface area contributed by atoms with Gasteiger partial charge in [0.25, 0.3) is 0 Å². The molecule has 0 amide bonds. The summed E-state index contributed by atoms with van der Waals surface area (Å²) in [5, 5.41) is 9.31. The average Bonchev–Trinajstić information content (AvgIpc) is 2.92. The van der Waals surface area contributed by atoms with Gasteiger partial charge >= 0.3 is 11.9 Å². The molecule has 4 heteroatoms. The summed E-state index contributed by atoms with van der Waals surface area (Å²) in [4.78, 5) is 22.3. The molecule has 2 rings (SSSR count). The number of aliphatic carboxylic acids is 1. The molecular weight excluding hydrogens is 268 g/mol. The third-order valence-corrected chi connectivity index (χ3v) is 4.88. The van der Waals surface area contributed by atoms with Crippen LogP contribution in [0.1, 0.15) is 46.5 Å². The van der Waals surface area contributed by atoms with Gasteiger partial charge in [0.05, 0.1) is 0 Å². The second kappa shape index (κ2) is 6.04. The van der Waals surface area contributed by atoms with Crippen LogP contribution in [0.15, 0.2) is 23.3 Å². The lowest BCUT2D eigenvalue weighted by atomic mass is 10.00. The number of rotatable bonds is 3. The first-order valence-corrected chi connectivity index (χ1v) is 7.57. The van der Waals surface area contributed by atoms with Crippen molar-refractivity contribution in [3.05, 3.63) is 23.3 Å². The maximum atomic E-state index is 11.3. The van der Waals surface area contributed by atoms with Crippen LogP contribution in [-0.2, 0) is 14.3 Å². The Hall–Kier alpha value is -1.58. The summed E-state index contributed by atoms with van der Waals surface area (Å²) in [5.41, 5.74) is 1.80. The van der Waals surface area contributed by atoms with Gasteiger partial charge < -0.3 is 9.84 Å². The van der Waals surface area contributed by atoms with Crippen LogP contribution in [0.5, 0.6) is 0 Å². The van der Waals surface area contributed by atoms with Gasteiger partial charge in [0.1, 0.15) is 6.61 Å². The number of esters is 1. The van der Waals surface area contributed by atoms with E-state index in [-0.39, 0.29) is 11.4 Å². The van der Waals surface area contributed by atoms with Crippen molar-refractivity contribution in [3.63, 3.8) is 0 Å². The van der Waals surface area contributed by atoms with Gasteiger partial charge in [-0.3, -0.25) is 4.79 Å². The fraction of sp³-hybridized carbons (Fsp3) is 0.647. The van der Waals surface area contributed by atoms with Gasteiger partial charge in [-0.1, -0.05) is 26.0 Å². The van der Waals surface area contributed by atoms with Gasteiger partial charge in [-0.15, -0.1) is 0 Å². The highest BCUT2D eigenvalue weighted by molar-refractivity contribution is 5.86. The molecule has 0 spiro atoms. The first-order chi connectivity index (χ1) is 9.82. The number of allylic oxidation sites excluding steroid dienone is 2. The van der Waals surface area contributed by atoms with Crippen molar-refractivity contribution in [1.29, 1.82) is 0 Å². The van der Waals surface area contributed by atoms with Crippen molar-refractivity contribution >= 4 is 11.9 Å². The number of carboxylic acid groups (broad SMARTS) is 1. The molecule has 4 nitrogen and oxygen atoms in total. The molecule has 21 heavy (non-hydrogen) atoms. The van der Waals surface area contributed by atoms with E-state index < -0.39 is 5.97 Å². The average molecular weight is 292 g/mol. The standard InChI is InChI=1S/C17H24O4/c1-11(18)21-10-12-5-4-6-13(16(19)20)9-15-14(8-7-12)17(15,2)3/h5,9,14-15H,4,6-8,10H2,1-3H3,(H,19,20)/t14-,15-/m1/s1. The Kier molecular flexibility index (Phi) is 4.55. The number of fused-ring (bicyclic) bond motifs is 1. The van der Waals surface area contributed by atoms with Gasteiger partial charge in [-0.05, 0) is 48.5 Å². The zero-order valence-corrected chi connectivity index (χ0v) is 13.0. The molecule has 116 valence electrons. The minimum atomic E-state index is -0.813. The molecule has 0 aromatic rings. The lowest BCUT2D eigenvalue weighted by Gasteiger charge is -2.10. The van der Waals surface area contributed by atoms with Crippen LogP contribution in [0.25, 0.3) is 0 Å². The van der Waals surface area contributed by atoms with E-state index in [0.29, 0.717) is 36.9 Å². The summed E-state index contributed by atoms with van der Waals surface area (Å²) in [5.74, 6) is -0.210. The Labute approximate surface area is 125 Å².